The Morgan fingerprint density at radius 2 is 1.83 bits per heavy atom. The van der Waals surface area contributed by atoms with Crippen LogP contribution in [0.15, 0.2) is 48.5 Å². The number of hydrogen-bond acceptors (Lipinski definition) is 3. The van der Waals surface area contributed by atoms with Gasteiger partial charge < -0.3 is 15.4 Å². The molecule has 9 heteroatoms. The summed E-state index contributed by atoms with van der Waals surface area (Å²) < 4.78 is 46.6. The van der Waals surface area contributed by atoms with E-state index in [1.54, 1.807) is 11.8 Å². The lowest BCUT2D eigenvalue weighted by Crippen LogP contribution is -2.22. The summed E-state index contributed by atoms with van der Waals surface area (Å²) in [5.41, 5.74) is 2.26. The average Bonchev–Trinajstić information content (AvgIpc) is 2.95. The first-order valence-electron chi connectivity index (χ1n) is 9.10. The van der Waals surface area contributed by atoms with Crippen LogP contribution in [0.2, 0.25) is 0 Å². The van der Waals surface area contributed by atoms with Crippen LogP contribution in [0.1, 0.15) is 22.5 Å². The number of methoxy groups -OCH3 is 1. The molecule has 2 N–H and O–H groups in total. The zero-order valence-electron chi connectivity index (χ0n) is 16.7. The second-order valence-corrected chi connectivity index (χ2v) is 7.09. The molecule has 3 aromatic rings. The molecule has 5 nitrogen and oxygen atoms in total. The van der Waals surface area contributed by atoms with Gasteiger partial charge in [-0.05, 0) is 55.9 Å². The van der Waals surface area contributed by atoms with E-state index >= 15 is 0 Å². The molecule has 0 bridgehead atoms. The van der Waals surface area contributed by atoms with Crippen LogP contribution in [-0.4, -0.2) is 22.0 Å². The summed E-state index contributed by atoms with van der Waals surface area (Å²) >= 11 is 5.25. The van der Waals surface area contributed by atoms with Crippen molar-refractivity contribution >= 4 is 28.7 Å². The molecule has 0 aliphatic rings. The summed E-state index contributed by atoms with van der Waals surface area (Å²) in [5.74, 6) is 0.751. The van der Waals surface area contributed by atoms with Crippen LogP contribution < -0.4 is 15.4 Å². The van der Waals surface area contributed by atoms with Crippen LogP contribution >= 0.6 is 12.2 Å². The molecular weight excluding hydrogens is 413 g/mol. The minimum absolute atomic E-state index is 0.0545. The molecule has 0 spiro atoms. The molecule has 0 saturated heterocycles. The predicted octanol–water partition coefficient (Wildman–Crippen LogP) is 5.38. The third-order valence-corrected chi connectivity index (χ3v) is 4.77. The van der Waals surface area contributed by atoms with Crippen molar-refractivity contribution in [2.75, 3.05) is 17.7 Å². The van der Waals surface area contributed by atoms with Gasteiger partial charge in [0.25, 0.3) is 0 Å². The Balaban J connectivity index is 1.77. The maximum absolute atomic E-state index is 13.2. The third-order valence-electron chi connectivity index (χ3n) is 4.57. The van der Waals surface area contributed by atoms with Gasteiger partial charge in [0, 0.05) is 0 Å². The second kappa shape index (κ2) is 8.74. The highest BCUT2D eigenvalue weighted by Gasteiger charge is 2.33. The van der Waals surface area contributed by atoms with Crippen LogP contribution in [0.25, 0.3) is 0 Å². The lowest BCUT2D eigenvalue weighted by molar-refractivity contribution is -0.136. The number of hydrogen-bond donors (Lipinski definition) is 2. The topological polar surface area (TPSA) is 51.1 Å². The Morgan fingerprint density at radius 3 is 2.53 bits per heavy atom. The van der Waals surface area contributed by atoms with Gasteiger partial charge in [-0.25, -0.2) is 0 Å². The van der Waals surface area contributed by atoms with Crippen molar-refractivity contribution in [3.63, 3.8) is 0 Å². The number of ether oxygens (including phenoxy) is 1. The van der Waals surface area contributed by atoms with Gasteiger partial charge in [0.05, 0.1) is 42.0 Å². The minimum Gasteiger partial charge on any atom is -0.497 e. The van der Waals surface area contributed by atoms with Gasteiger partial charge in [-0.1, -0.05) is 24.3 Å². The summed E-state index contributed by atoms with van der Waals surface area (Å²) in [6.07, 6.45) is -4.48. The zero-order chi connectivity index (χ0) is 21.9. The van der Waals surface area contributed by atoms with Crippen LogP contribution in [0, 0.1) is 13.8 Å². The van der Waals surface area contributed by atoms with Gasteiger partial charge in [0.1, 0.15) is 5.75 Å². The summed E-state index contributed by atoms with van der Waals surface area (Å²) in [5, 5.41) is 10.2. The van der Waals surface area contributed by atoms with Gasteiger partial charge in [0.15, 0.2) is 5.11 Å². The zero-order valence-corrected chi connectivity index (χ0v) is 17.5. The van der Waals surface area contributed by atoms with Crippen molar-refractivity contribution < 1.29 is 17.9 Å². The number of thiocarbonyl (C=S) groups is 1. The highest BCUT2D eigenvalue weighted by atomic mass is 32.1. The van der Waals surface area contributed by atoms with Gasteiger partial charge in [-0.2, -0.15) is 18.3 Å². The number of anilines is 2. The Morgan fingerprint density at radius 1 is 1.10 bits per heavy atom. The van der Waals surface area contributed by atoms with E-state index in [1.807, 2.05) is 38.1 Å². The quantitative estimate of drug-likeness (QED) is 0.528. The van der Waals surface area contributed by atoms with Crippen LogP contribution in [0.4, 0.5) is 24.5 Å². The first kappa shape index (κ1) is 21.6. The van der Waals surface area contributed by atoms with Crippen LogP contribution in [-0.2, 0) is 12.7 Å². The smallest absolute Gasteiger partial charge is 0.418 e. The van der Waals surface area contributed by atoms with E-state index in [9.17, 15) is 13.2 Å². The maximum Gasteiger partial charge on any atom is 0.418 e. The molecule has 158 valence electrons. The van der Waals surface area contributed by atoms with E-state index in [0.717, 1.165) is 23.1 Å². The average molecular weight is 434 g/mol. The molecule has 1 aromatic heterocycles. The Kier molecular flexibility index (Phi) is 6.31. The van der Waals surface area contributed by atoms with E-state index in [4.69, 9.17) is 17.0 Å². The van der Waals surface area contributed by atoms with Crippen LogP contribution in [0.3, 0.4) is 0 Å². The number of halogens is 3. The van der Waals surface area contributed by atoms with E-state index in [2.05, 4.69) is 15.7 Å². The van der Waals surface area contributed by atoms with Gasteiger partial charge in [-0.3, -0.25) is 4.68 Å². The molecule has 0 saturated carbocycles. The van der Waals surface area contributed by atoms with Crippen LogP contribution in [0.5, 0.6) is 5.75 Å². The van der Waals surface area contributed by atoms with Crippen molar-refractivity contribution in [1.82, 2.24) is 9.78 Å². The van der Waals surface area contributed by atoms with Crippen molar-refractivity contribution in [2.24, 2.45) is 0 Å². The first-order chi connectivity index (χ1) is 14.2. The molecule has 30 heavy (non-hydrogen) atoms. The molecule has 2 aromatic carbocycles. The molecule has 0 radical (unpaired) electrons. The summed E-state index contributed by atoms with van der Waals surface area (Å²) in [6.45, 7) is 4.20. The second-order valence-electron chi connectivity index (χ2n) is 6.68. The minimum atomic E-state index is -4.48. The lowest BCUT2D eigenvalue weighted by Gasteiger charge is -2.16. The number of nitrogens with one attached hydrogen (secondary N) is 2. The number of nitrogens with zero attached hydrogens (tertiary/aromatic N) is 2. The van der Waals surface area contributed by atoms with Gasteiger partial charge >= 0.3 is 6.18 Å². The standard InChI is InChI=1S/C21H21F3N4OS/c1-13-19(14(2)28(27-13)12-15-7-6-8-16(11-15)29-3)26-20(30)25-18-10-5-4-9-17(18)21(22,23)24/h4-11H,12H2,1-3H3,(H2,25,26,30). The largest absolute Gasteiger partial charge is 0.497 e. The fourth-order valence-electron chi connectivity index (χ4n) is 3.08. The van der Waals surface area contributed by atoms with Crippen molar-refractivity contribution in [3.05, 3.63) is 71.0 Å². The van der Waals surface area contributed by atoms with Crippen molar-refractivity contribution in [2.45, 2.75) is 26.6 Å². The van der Waals surface area contributed by atoms with Gasteiger partial charge in [-0.15, -0.1) is 0 Å². The number of aryl methyl sites for hydroxylation is 1. The number of para-hydroxylation sites is 1. The fraction of sp³-hybridized carbons (Fsp3) is 0.238. The Labute approximate surface area is 177 Å². The SMILES string of the molecule is COc1cccc(Cn2nc(C)c(NC(=S)Nc3ccccc3C(F)(F)F)c2C)c1. The normalized spacial score (nSPS) is 11.3. The summed E-state index contributed by atoms with van der Waals surface area (Å²) in [4.78, 5) is 0. The van der Waals surface area contributed by atoms with E-state index in [1.165, 1.54) is 18.2 Å². The number of aromatic nitrogens is 2. The molecule has 0 unspecified atom stereocenters. The molecular formula is C21H21F3N4OS. The highest BCUT2D eigenvalue weighted by Crippen LogP contribution is 2.34. The third kappa shape index (κ3) is 4.91. The monoisotopic (exact) mass is 434 g/mol. The number of benzene rings is 2. The molecule has 3 rings (SSSR count). The molecule has 0 fully saturated rings. The first-order valence-corrected chi connectivity index (χ1v) is 9.51. The maximum atomic E-state index is 13.2. The molecule has 1 heterocycles. The van der Waals surface area contributed by atoms with E-state index in [0.29, 0.717) is 17.9 Å². The fourth-order valence-corrected chi connectivity index (χ4v) is 3.29. The Bertz CT molecular complexity index is 1060. The van der Waals surface area contributed by atoms with Crippen molar-refractivity contribution in [1.29, 1.82) is 0 Å². The number of rotatable bonds is 5. The molecule has 0 amide bonds. The lowest BCUT2D eigenvalue weighted by atomic mass is 10.1. The molecule has 0 aliphatic heterocycles. The predicted molar refractivity (Wildman–Crippen MR) is 115 cm³/mol. The van der Waals surface area contributed by atoms with E-state index in [-0.39, 0.29) is 10.8 Å². The van der Waals surface area contributed by atoms with E-state index < -0.39 is 11.7 Å². The molecule has 0 atom stereocenters. The molecule has 0 aliphatic carbocycles. The van der Waals surface area contributed by atoms with Crippen molar-refractivity contribution in [3.8, 4) is 5.75 Å². The highest BCUT2D eigenvalue weighted by molar-refractivity contribution is 7.80. The Hall–Kier alpha value is -3.07. The summed E-state index contributed by atoms with van der Waals surface area (Å²) in [6, 6.07) is 12.8. The summed E-state index contributed by atoms with van der Waals surface area (Å²) in [7, 11) is 1.61. The van der Waals surface area contributed by atoms with Gasteiger partial charge in [0.2, 0.25) is 0 Å². The number of alkyl halides is 3.